The number of fused-ring (bicyclic) bond motifs is 1. The second kappa shape index (κ2) is 1.68. The van der Waals surface area contributed by atoms with Crippen molar-refractivity contribution in [2.24, 2.45) is 11.7 Å². The van der Waals surface area contributed by atoms with E-state index in [1.807, 2.05) is 7.05 Å². The van der Waals surface area contributed by atoms with Crippen molar-refractivity contribution >= 4 is 0 Å². The van der Waals surface area contributed by atoms with Crippen LogP contribution in [0.25, 0.3) is 0 Å². The van der Waals surface area contributed by atoms with E-state index in [0.717, 1.165) is 18.5 Å². The molecule has 3 nitrogen and oxygen atoms in total. The van der Waals surface area contributed by atoms with E-state index in [9.17, 15) is 0 Å². The number of nitrogens with zero attached hydrogens (tertiary/aromatic N) is 1. The Hall–Kier alpha value is -0.120. The summed E-state index contributed by atoms with van der Waals surface area (Å²) in [5.74, 6) is 0.803. The van der Waals surface area contributed by atoms with Crippen LogP contribution in [0.5, 0.6) is 0 Å². The van der Waals surface area contributed by atoms with Crippen LogP contribution in [0, 0.1) is 5.92 Å². The van der Waals surface area contributed by atoms with Crippen molar-refractivity contribution in [2.75, 3.05) is 13.6 Å². The summed E-state index contributed by atoms with van der Waals surface area (Å²) in [5, 5.41) is 2.25. The molecule has 52 valence electrons. The minimum absolute atomic E-state index is 0.433. The number of nitrogens with two attached hydrogens (primary N) is 1. The van der Waals surface area contributed by atoms with E-state index >= 15 is 0 Å². The normalized spacial score (nSPS) is 49.3. The molecule has 3 heteroatoms. The Bertz CT molecular complexity index is 125. The molecule has 3 N–H and O–H groups in total. The Labute approximate surface area is 55.2 Å². The van der Waals surface area contributed by atoms with Gasteiger partial charge in [-0.2, -0.15) is 0 Å². The molecule has 1 aliphatic heterocycles. The minimum atomic E-state index is 0.433. The van der Waals surface area contributed by atoms with E-state index in [1.54, 1.807) is 0 Å². The molecule has 2 aliphatic rings. The highest BCUT2D eigenvalue weighted by Crippen LogP contribution is 2.42. The van der Waals surface area contributed by atoms with Crippen molar-refractivity contribution in [3.05, 3.63) is 0 Å². The van der Waals surface area contributed by atoms with Gasteiger partial charge in [0.2, 0.25) is 0 Å². The average molecular weight is 127 g/mol. The van der Waals surface area contributed by atoms with E-state index in [0.29, 0.717) is 6.04 Å². The summed E-state index contributed by atoms with van der Waals surface area (Å²) in [6, 6.07) is 1.20. The minimum Gasteiger partial charge on any atom is -0.326 e. The average Bonchev–Trinajstić information content (AvgIpc) is 2.56. The molecule has 0 amide bonds. The SMILES string of the molecule is CNN1CC(N)C2CC21. The van der Waals surface area contributed by atoms with Gasteiger partial charge in [-0.25, -0.2) is 5.01 Å². The quantitative estimate of drug-likeness (QED) is 0.482. The molecule has 1 aliphatic carbocycles. The van der Waals surface area contributed by atoms with Gasteiger partial charge in [-0.1, -0.05) is 0 Å². The fourth-order valence-electron chi connectivity index (χ4n) is 1.77. The van der Waals surface area contributed by atoms with Crippen molar-refractivity contribution in [2.45, 2.75) is 18.5 Å². The molecule has 2 fully saturated rings. The van der Waals surface area contributed by atoms with Crippen molar-refractivity contribution in [1.29, 1.82) is 0 Å². The molecule has 0 bridgehead atoms. The predicted octanol–water partition coefficient (Wildman–Crippen LogP) is -0.848. The Morgan fingerprint density at radius 3 is 2.67 bits per heavy atom. The molecular formula is C6H13N3. The highest BCUT2D eigenvalue weighted by atomic mass is 15.5. The lowest BCUT2D eigenvalue weighted by Gasteiger charge is -2.16. The number of piperidine rings is 1. The van der Waals surface area contributed by atoms with Gasteiger partial charge in [0.1, 0.15) is 0 Å². The smallest absolute Gasteiger partial charge is 0.0292 e. The summed E-state index contributed by atoms with van der Waals surface area (Å²) in [7, 11) is 1.97. The lowest BCUT2D eigenvalue weighted by molar-refractivity contribution is 0.223. The lowest BCUT2D eigenvalue weighted by atomic mass is 10.2. The molecule has 1 saturated heterocycles. The molecule has 3 atom stereocenters. The molecular weight excluding hydrogens is 114 g/mol. The maximum absolute atomic E-state index is 5.80. The van der Waals surface area contributed by atoms with Gasteiger partial charge >= 0.3 is 0 Å². The van der Waals surface area contributed by atoms with Crippen LogP contribution >= 0.6 is 0 Å². The molecule has 0 aromatic heterocycles. The van der Waals surface area contributed by atoms with Crippen LogP contribution in [0.15, 0.2) is 0 Å². The van der Waals surface area contributed by atoms with Crippen LogP contribution in [-0.2, 0) is 0 Å². The zero-order valence-electron chi connectivity index (χ0n) is 5.67. The second-order valence-electron chi connectivity index (χ2n) is 3.01. The summed E-state index contributed by atoms with van der Waals surface area (Å²) in [6.45, 7) is 1.03. The second-order valence-corrected chi connectivity index (χ2v) is 3.01. The number of hydrazine groups is 1. The summed E-state index contributed by atoms with van der Waals surface area (Å²) in [4.78, 5) is 0. The van der Waals surface area contributed by atoms with Crippen molar-refractivity contribution < 1.29 is 0 Å². The molecule has 0 spiro atoms. The summed E-state index contributed by atoms with van der Waals surface area (Å²) in [5.41, 5.74) is 8.94. The van der Waals surface area contributed by atoms with E-state index in [2.05, 4.69) is 10.4 Å². The van der Waals surface area contributed by atoms with E-state index < -0.39 is 0 Å². The Morgan fingerprint density at radius 1 is 1.67 bits per heavy atom. The summed E-state index contributed by atoms with van der Waals surface area (Å²) in [6.07, 6.45) is 1.31. The van der Waals surface area contributed by atoms with Crippen molar-refractivity contribution in [3.63, 3.8) is 0 Å². The van der Waals surface area contributed by atoms with E-state index in [4.69, 9.17) is 5.73 Å². The molecule has 0 radical (unpaired) electrons. The van der Waals surface area contributed by atoms with Crippen LogP contribution < -0.4 is 11.2 Å². The first kappa shape index (κ1) is 5.65. The Kier molecular flexibility index (Phi) is 1.06. The highest BCUT2D eigenvalue weighted by Gasteiger charge is 2.51. The third-order valence-corrected chi connectivity index (χ3v) is 2.45. The number of nitrogens with one attached hydrogen (secondary N) is 1. The fourth-order valence-corrected chi connectivity index (χ4v) is 1.77. The van der Waals surface area contributed by atoms with Gasteiger partial charge in [-0.05, 0) is 19.4 Å². The molecule has 9 heavy (non-hydrogen) atoms. The van der Waals surface area contributed by atoms with Crippen LogP contribution in [0.2, 0.25) is 0 Å². The van der Waals surface area contributed by atoms with Gasteiger partial charge in [0.15, 0.2) is 0 Å². The van der Waals surface area contributed by atoms with Crippen molar-refractivity contribution in [1.82, 2.24) is 10.4 Å². The lowest BCUT2D eigenvalue weighted by Crippen LogP contribution is -2.39. The maximum atomic E-state index is 5.80. The van der Waals surface area contributed by atoms with Crippen LogP contribution in [-0.4, -0.2) is 30.7 Å². The topological polar surface area (TPSA) is 41.3 Å². The van der Waals surface area contributed by atoms with Crippen LogP contribution in [0.3, 0.4) is 0 Å². The molecule has 1 heterocycles. The van der Waals surface area contributed by atoms with Gasteiger partial charge in [0.05, 0.1) is 0 Å². The number of hydrogen-bond donors (Lipinski definition) is 2. The largest absolute Gasteiger partial charge is 0.326 e. The molecule has 1 saturated carbocycles. The van der Waals surface area contributed by atoms with Gasteiger partial charge in [-0.15, -0.1) is 0 Å². The van der Waals surface area contributed by atoms with Gasteiger partial charge in [-0.3, -0.25) is 5.43 Å². The van der Waals surface area contributed by atoms with Gasteiger partial charge in [0, 0.05) is 18.6 Å². The first-order chi connectivity index (χ1) is 4.33. The van der Waals surface area contributed by atoms with Crippen LogP contribution in [0.1, 0.15) is 6.42 Å². The first-order valence-electron chi connectivity index (χ1n) is 3.52. The summed E-state index contributed by atoms with van der Waals surface area (Å²) >= 11 is 0. The van der Waals surface area contributed by atoms with Crippen LogP contribution in [0.4, 0.5) is 0 Å². The molecule has 0 aromatic rings. The number of rotatable bonds is 1. The highest BCUT2D eigenvalue weighted by molar-refractivity contribution is 5.06. The molecule has 2 rings (SSSR count). The van der Waals surface area contributed by atoms with Gasteiger partial charge < -0.3 is 5.73 Å². The zero-order chi connectivity index (χ0) is 6.43. The third kappa shape index (κ3) is 0.689. The number of hydrogen-bond acceptors (Lipinski definition) is 3. The first-order valence-corrected chi connectivity index (χ1v) is 3.52. The molecule has 3 unspecified atom stereocenters. The van der Waals surface area contributed by atoms with E-state index in [-0.39, 0.29) is 0 Å². The van der Waals surface area contributed by atoms with Gasteiger partial charge in [0.25, 0.3) is 0 Å². The standard InChI is InChI=1S/C6H13N3/c1-8-9-3-5(7)4-2-6(4)9/h4-6,8H,2-3,7H2,1H3. The maximum Gasteiger partial charge on any atom is 0.0292 e. The van der Waals surface area contributed by atoms with E-state index in [1.165, 1.54) is 6.42 Å². The predicted molar refractivity (Wildman–Crippen MR) is 35.6 cm³/mol. The molecule has 0 aromatic carbocycles. The Morgan fingerprint density at radius 2 is 2.44 bits per heavy atom. The van der Waals surface area contributed by atoms with Crippen molar-refractivity contribution in [3.8, 4) is 0 Å². The monoisotopic (exact) mass is 127 g/mol. The fraction of sp³-hybridized carbons (Fsp3) is 1.00. The Balaban J connectivity index is 2.00. The zero-order valence-corrected chi connectivity index (χ0v) is 5.67. The summed E-state index contributed by atoms with van der Waals surface area (Å²) < 4.78 is 0. The third-order valence-electron chi connectivity index (χ3n) is 2.45.